The number of ether oxygens (including phenoxy) is 1. The molecule has 0 radical (unpaired) electrons. The van der Waals surface area contributed by atoms with Crippen molar-refractivity contribution in [3.8, 4) is 12.1 Å². The fraction of sp³-hybridized carbons (Fsp3) is 0.0909. The lowest BCUT2D eigenvalue weighted by Gasteiger charge is -2.00. The van der Waals surface area contributed by atoms with E-state index in [1.54, 1.807) is 24.3 Å². The summed E-state index contributed by atoms with van der Waals surface area (Å²) in [5.41, 5.74) is 0.914. The van der Waals surface area contributed by atoms with Gasteiger partial charge in [0, 0.05) is 5.56 Å². The molecule has 7 heteroatoms. The Morgan fingerprint density at radius 1 is 1.44 bits per heavy atom. The zero-order valence-electron chi connectivity index (χ0n) is 9.47. The molecule has 0 aliphatic carbocycles. The second-order valence-corrected chi connectivity index (χ2v) is 3.31. The summed E-state index contributed by atoms with van der Waals surface area (Å²) in [4.78, 5) is 15.6. The first-order chi connectivity index (χ1) is 8.72. The number of H-pyrrole nitrogens is 1. The number of nitrogens with zero attached hydrogens (tertiary/aromatic N) is 3. The third-order valence-corrected chi connectivity index (χ3v) is 2.16. The number of methoxy groups -OCH3 is 1. The van der Waals surface area contributed by atoms with E-state index in [4.69, 9.17) is 10.00 Å². The van der Waals surface area contributed by atoms with Gasteiger partial charge in [-0.25, -0.2) is 5.10 Å². The second-order valence-electron chi connectivity index (χ2n) is 3.31. The molecule has 1 aromatic carbocycles. The number of aromatic nitrogens is 3. The van der Waals surface area contributed by atoms with Crippen LogP contribution in [-0.2, 0) is 0 Å². The minimum atomic E-state index is -0.349. The number of nitrogens with one attached hydrogen (secondary N) is 2. The number of nitriles is 1. The molecule has 2 rings (SSSR count). The van der Waals surface area contributed by atoms with E-state index < -0.39 is 0 Å². The third-order valence-electron chi connectivity index (χ3n) is 2.16. The zero-order valence-corrected chi connectivity index (χ0v) is 9.47. The van der Waals surface area contributed by atoms with Crippen molar-refractivity contribution >= 4 is 11.9 Å². The summed E-state index contributed by atoms with van der Waals surface area (Å²) < 4.78 is 4.77. The fourth-order valence-electron chi connectivity index (χ4n) is 1.27. The summed E-state index contributed by atoms with van der Waals surface area (Å²) in [5.74, 6) is -0.153. The number of carbonyl (C=O) groups excluding carboxylic acids is 1. The number of hydrogen-bond donors (Lipinski definition) is 2. The monoisotopic (exact) mass is 243 g/mol. The van der Waals surface area contributed by atoms with Gasteiger partial charge in [0.25, 0.3) is 5.91 Å². The molecule has 0 atom stereocenters. The van der Waals surface area contributed by atoms with E-state index in [1.165, 1.54) is 7.11 Å². The van der Waals surface area contributed by atoms with Gasteiger partial charge < -0.3 is 4.74 Å². The van der Waals surface area contributed by atoms with Gasteiger partial charge in [-0.15, -0.1) is 5.10 Å². The van der Waals surface area contributed by atoms with Crippen LogP contribution < -0.4 is 10.1 Å². The van der Waals surface area contributed by atoms with Crippen LogP contribution in [0.5, 0.6) is 6.01 Å². The predicted octanol–water partition coefficient (Wildman–Crippen LogP) is 0.937. The lowest BCUT2D eigenvalue weighted by atomic mass is 10.1. The van der Waals surface area contributed by atoms with Crippen LogP contribution in [0.3, 0.4) is 0 Å². The summed E-state index contributed by atoms with van der Waals surface area (Å²) in [6.45, 7) is 0. The quantitative estimate of drug-likeness (QED) is 0.834. The summed E-state index contributed by atoms with van der Waals surface area (Å²) in [6, 6.07) is 8.37. The first kappa shape index (κ1) is 11.6. The highest BCUT2D eigenvalue weighted by atomic mass is 16.5. The Balaban J connectivity index is 2.09. The van der Waals surface area contributed by atoms with Crippen molar-refractivity contribution in [3.63, 3.8) is 0 Å². The molecule has 7 nitrogen and oxygen atoms in total. The number of carbonyl (C=O) groups is 1. The van der Waals surface area contributed by atoms with Crippen LogP contribution in [-0.4, -0.2) is 28.2 Å². The molecule has 1 heterocycles. The molecule has 1 aromatic heterocycles. The smallest absolute Gasteiger partial charge is 0.336 e. The highest BCUT2D eigenvalue weighted by Gasteiger charge is 2.09. The van der Waals surface area contributed by atoms with Crippen LogP contribution >= 0.6 is 0 Å². The second kappa shape index (κ2) is 4.97. The Morgan fingerprint density at radius 2 is 2.17 bits per heavy atom. The van der Waals surface area contributed by atoms with Gasteiger partial charge in [-0.1, -0.05) is 0 Å². The molecule has 0 fully saturated rings. The first-order valence-corrected chi connectivity index (χ1v) is 5.01. The molecular weight excluding hydrogens is 234 g/mol. The van der Waals surface area contributed by atoms with Crippen molar-refractivity contribution in [1.82, 2.24) is 15.2 Å². The van der Waals surface area contributed by atoms with Crippen molar-refractivity contribution in [1.29, 1.82) is 5.26 Å². The van der Waals surface area contributed by atoms with E-state index in [2.05, 4.69) is 20.5 Å². The van der Waals surface area contributed by atoms with Gasteiger partial charge in [-0.3, -0.25) is 10.1 Å². The predicted molar refractivity (Wildman–Crippen MR) is 62.0 cm³/mol. The van der Waals surface area contributed by atoms with Gasteiger partial charge in [0.15, 0.2) is 0 Å². The summed E-state index contributed by atoms with van der Waals surface area (Å²) in [7, 11) is 1.43. The molecule has 0 aliphatic rings. The van der Waals surface area contributed by atoms with Crippen LogP contribution in [0.15, 0.2) is 24.3 Å². The number of anilines is 1. The van der Waals surface area contributed by atoms with E-state index in [0.717, 1.165) is 0 Å². The standard InChI is InChI=1S/C11H9N5O2/c1-18-11-14-10(15-16-11)13-9(17)8-4-2-7(6-12)3-5-8/h2-5H,1H3,(H2,13,14,15,16,17). The molecule has 0 bridgehead atoms. The number of hydrogen-bond acceptors (Lipinski definition) is 5. The van der Waals surface area contributed by atoms with Gasteiger partial charge in [-0.2, -0.15) is 10.2 Å². The van der Waals surface area contributed by atoms with Crippen molar-refractivity contribution in [2.75, 3.05) is 12.4 Å². The first-order valence-electron chi connectivity index (χ1n) is 5.01. The topological polar surface area (TPSA) is 104 Å². The van der Waals surface area contributed by atoms with E-state index in [9.17, 15) is 4.79 Å². The van der Waals surface area contributed by atoms with Crippen molar-refractivity contribution in [2.45, 2.75) is 0 Å². The highest BCUT2D eigenvalue weighted by Crippen LogP contribution is 2.08. The Bertz CT molecular complexity index is 597. The zero-order chi connectivity index (χ0) is 13.0. The number of rotatable bonds is 3. The van der Waals surface area contributed by atoms with E-state index in [0.29, 0.717) is 11.1 Å². The molecule has 0 unspecified atom stereocenters. The molecule has 18 heavy (non-hydrogen) atoms. The lowest BCUT2D eigenvalue weighted by molar-refractivity contribution is 0.102. The molecule has 0 spiro atoms. The minimum absolute atomic E-state index is 0.144. The van der Waals surface area contributed by atoms with Crippen molar-refractivity contribution < 1.29 is 9.53 Å². The Morgan fingerprint density at radius 3 is 2.72 bits per heavy atom. The number of benzene rings is 1. The molecule has 0 saturated carbocycles. The van der Waals surface area contributed by atoms with E-state index >= 15 is 0 Å². The summed E-state index contributed by atoms with van der Waals surface area (Å²) >= 11 is 0. The largest absolute Gasteiger partial charge is 0.466 e. The minimum Gasteiger partial charge on any atom is -0.466 e. The van der Waals surface area contributed by atoms with Gasteiger partial charge >= 0.3 is 6.01 Å². The SMILES string of the molecule is COc1n[nH]c(NC(=O)c2ccc(C#N)cc2)n1. The van der Waals surface area contributed by atoms with Crippen LogP contribution in [0.2, 0.25) is 0 Å². The van der Waals surface area contributed by atoms with Crippen molar-refractivity contribution in [3.05, 3.63) is 35.4 Å². The Labute approximate surface area is 102 Å². The van der Waals surface area contributed by atoms with Gasteiger partial charge in [0.05, 0.1) is 18.7 Å². The summed E-state index contributed by atoms with van der Waals surface area (Å²) in [5, 5.41) is 17.4. The maximum Gasteiger partial charge on any atom is 0.336 e. The maximum atomic E-state index is 11.8. The molecule has 2 aromatic rings. The molecule has 1 amide bonds. The number of amides is 1. The van der Waals surface area contributed by atoms with Crippen LogP contribution in [0.4, 0.5) is 5.95 Å². The molecular formula is C11H9N5O2. The fourth-order valence-corrected chi connectivity index (χ4v) is 1.27. The van der Waals surface area contributed by atoms with Crippen LogP contribution in [0.25, 0.3) is 0 Å². The average molecular weight is 243 g/mol. The van der Waals surface area contributed by atoms with Crippen LogP contribution in [0, 0.1) is 11.3 Å². The van der Waals surface area contributed by atoms with Gasteiger partial charge in [-0.05, 0) is 24.3 Å². The lowest BCUT2D eigenvalue weighted by Crippen LogP contribution is -2.12. The van der Waals surface area contributed by atoms with Gasteiger partial charge in [0.2, 0.25) is 5.95 Å². The highest BCUT2D eigenvalue weighted by molar-refractivity contribution is 6.03. The Kier molecular flexibility index (Phi) is 3.20. The number of aromatic amines is 1. The summed E-state index contributed by atoms with van der Waals surface area (Å²) in [6.07, 6.45) is 0. The Hall–Kier alpha value is -2.88. The molecule has 90 valence electrons. The van der Waals surface area contributed by atoms with Crippen molar-refractivity contribution in [2.24, 2.45) is 0 Å². The molecule has 2 N–H and O–H groups in total. The normalized spacial score (nSPS) is 9.56. The third kappa shape index (κ3) is 2.44. The average Bonchev–Trinajstić information content (AvgIpc) is 2.86. The van der Waals surface area contributed by atoms with E-state index in [-0.39, 0.29) is 17.9 Å². The maximum absolute atomic E-state index is 11.8. The molecule has 0 saturated heterocycles. The molecule has 0 aliphatic heterocycles. The van der Waals surface area contributed by atoms with Gasteiger partial charge in [0.1, 0.15) is 0 Å². The van der Waals surface area contributed by atoms with Crippen LogP contribution in [0.1, 0.15) is 15.9 Å². The van der Waals surface area contributed by atoms with E-state index in [1.807, 2.05) is 6.07 Å².